The molecule has 16 heavy (non-hydrogen) atoms. The number of thiophene rings is 1. The molecule has 90 valence electrons. The summed E-state index contributed by atoms with van der Waals surface area (Å²) in [6, 6.07) is 0.534. The van der Waals surface area contributed by atoms with Crippen LogP contribution in [0.25, 0.3) is 0 Å². The fourth-order valence-electron chi connectivity index (χ4n) is 2.03. The number of ether oxygens (including phenoxy) is 1. The fraction of sp³-hybridized carbons (Fsp3) is 0.667. The van der Waals surface area contributed by atoms with E-state index >= 15 is 0 Å². The maximum absolute atomic E-state index is 5.52. The lowest BCUT2D eigenvalue weighted by Gasteiger charge is -2.28. The predicted octanol–water partition coefficient (Wildman–Crippen LogP) is 3.42. The van der Waals surface area contributed by atoms with E-state index in [9.17, 15) is 0 Å². The Hall–Kier alpha value is 0.1000. The summed E-state index contributed by atoms with van der Waals surface area (Å²) < 4.78 is 6.74. The molecule has 2 atom stereocenters. The summed E-state index contributed by atoms with van der Waals surface area (Å²) in [4.78, 5) is 0. The van der Waals surface area contributed by atoms with Crippen LogP contribution in [0.3, 0.4) is 0 Å². The van der Waals surface area contributed by atoms with E-state index in [1.54, 1.807) is 11.3 Å². The van der Waals surface area contributed by atoms with Gasteiger partial charge in [-0.05, 0) is 52.6 Å². The summed E-state index contributed by atoms with van der Waals surface area (Å²) in [6.45, 7) is 5.07. The van der Waals surface area contributed by atoms with Gasteiger partial charge < -0.3 is 10.1 Å². The molecule has 1 N–H and O–H groups in total. The molecule has 0 spiro atoms. The van der Waals surface area contributed by atoms with Gasteiger partial charge in [-0.15, -0.1) is 0 Å². The summed E-state index contributed by atoms with van der Waals surface area (Å²) in [5.41, 5.74) is 1.36. The van der Waals surface area contributed by atoms with Crippen LogP contribution in [-0.2, 0) is 11.3 Å². The first kappa shape index (κ1) is 12.6. The molecule has 1 aromatic heterocycles. The van der Waals surface area contributed by atoms with Crippen molar-refractivity contribution in [1.82, 2.24) is 5.32 Å². The Kier molecular flexibility index (Phi) is 4.82. The summed E-state index contributed by atoms with van der Waals surface area (Å²) in [5, 5.41) is 7.92. The van der Waals surface area contributed by atoms with E-state index in [2.05, 4.69) is 38.9 Å². The Labute approximate surface area is 110 Å². The second-order valence-corrected chi connectivity index (χ2v) is 5.99. The second kappa shape index (κ2) is 6.15. The number of hydrogen-bond acceptors (Lipinski definition) is 3. The molecule has 1 aliphatic heterocycles. The van der Waals surface area contributed by atoms with Crippen molar-refractivity contribution in [3.8, 4) is 0 Å². The van der Waals surface area contributed by atoms with E-state index in [1.807, 2.05) is 0 Å². The van der Waals surface area contributed by atoms with Gasteiger partial charge in [0, 0.05) is 29.0 Å². The largest absolute Gasteiger partial charge is 0.381 e. The van der Waals surface area contributed by atoms with Gasteiger partial charge in [-0.1, -0.05) is 0 Å². The average molecular weight is 304 g/mol. The number of nitrogens with one attached hydrogen (secondary N) is 1. The molecule has 2 heterocycles. The molecule has 0 aromatic carbocycles. The monoisotopic (exact) mass is 303 g/mol. The van der Waals surface area contributed by atoms with Gasteiger partial charge in [0.25, 0.3) is 0 Å². The molecule has 0 bridgehead atoms. The lowest BCUT2D eigenvalue weighted by molar-refractivity contribution is 0.0417. The van der Waals surface area contributed by atoms with Gasteiger partial charge in [0.05, 0.1) is 6.61 Å². The number of halogens is 1. The molecule has 1 aliphatic rings. The molecule has 0 amide bonds. The van der Waals surface area contributed by atoms with Gasteiger partial charge in [0.1, 0.15) is 0 Å². The van der Waals surface area contributed by atoms with E-state index in [0.29, 0.717) is 12.0 Å². The fourth-order valence-corrected chi connectivity index (χ4v) is 3.47. The van der Waals surface area contributed by atoms with Gasteiger partial charge in [-0.3, -0.25) is 0 Å². The lowest BCUT2D eigenvalue weighted by Crippen LogP contribution is -2.37. The maximum atomic E-state index is 5.52. The molecule has 2 unspecified atom stereocenters. The Morgan fingerprint density at radius 1 is 1.62 bits per heavy atom. The molecule has 4 heteroatoms. The molecule has 1 fully saturated rings. The third-order valence-electron chi connectivity index (χ3n) is 3.21. The van der Waals surface area contributed by atoms with E-state index < -0.39 is 0 Å². The number of hydrogen-bond donors (Lipinski definition) is 1. The predicted molar refractivity (Wildman–Crippen MR) is 71.9 cm³/mol. The molecule has 1 aromatic rings. The minimum absolute atomic E-state index is 0.534. The van der Waals surface area contributed by atoms with Crippen molar-refractivity contribution in [2.24, 2.45) is 5.92 Å². The SMILES string of the molecule is CC(NCc1cscc1Br)C1CCCOC1. The molecule has 0 aliphatic carbocycles. The summed E-state index contributed by atoms with van der Waals surface area (Å²) in [7, 11) is 0. The Morgan fingerprint density at radius 2 is 2.50 bits per heavy atom. The van der Waals surface area contributed by atoms with Crippen LogP contribution < -0.4 is 5.32 Å². The highest BCUT2D eigenvalue weighted by Gasteiger charge is 2.20. The third kappa shape index (κ3) is 3.29. The zero-order valence-electron chi connectivity index (χ0n) is 9.54. The summed E-state index contributed by atoms with van der Waals surface area (Å²) in [5.74, 6) is 0.672. The maximum Gasteiger partial charge on any atom is 0.0509 e. The van der Waals surface area contributed by atoms with Crippen LogP contribution in [0.1, 0.15) is 25.3 Å². The zero-order chi connectivity index (χ0) is 11.4. The van der Waals surface area contributed by atoms with Crippen LogP contribution in [-0.4, -0.2) is 19.3 Å². The van der Waals surface area contributed by atoms with Gasteiger partial charge in [0.2, 0.25) is 0 Å². The van der Waals surface area contributed by atoms with Crippen LogP contribution in [0.4, 0.5) is 0 Å². The molecule has 0 radical (unpaired) electrons. The van der Waals surface area contributed by atoms with Gasteiger partial charge in [0.15, 0.2) is 0 Å². The smallest absolute Gasteiger partial charge is 0.0509 e. The lowest BCUT2D eigenvalue weighted by atomic mass is 9.95. The normalized spacial score (nSPS) is 23.2. The van der Waals surface area contributed by atoms with Gasteiger partial charge >= 0.3 is 0 Å². The first-order chi connectivity index (χ1) is 7.77. The minimum Gasteiger partial charge on any atom is -0.381 e. The van der Waals surface area contributed by atoms with Crippen molar-refractivity contribution >= 4 is 27.3 Å². The van der Waals surface area contributed by atoms with Crippen LogP contribution in [0, 0.1) is 5.92 Å². The summed E-state index contributed by atoms with van der Waals surface area (Å²) in [6.07, 6.45) is 2.50. The van der Waals surface area contributed by atoms with Gasteiger partial charge in [-0.2, -0.15) is 11.3 Å². The highest BCUT2D eigenvalue weighted by atomic mass is 79.9. The van der Waals surface area contributed by atoms with Crippen molar-refractivity contribution in [1.29, 1.82) is 0 Å². The van der Waals surface area contributed by atoms with Crippen LogP contribution >= 0.6 is 27.3 Å². The van der Waals surface area contributed by atoms with Crippen LogP contribution in [0.15, 0.2) is 15.2 Å². The molecule has 2 rings (SSSR count). The van der Waals surface area contributed by atoms with E-state index in [1.165, 1.54) is 22.9 Å². The Balaban J connectivity index is 1.78. The quantitative estimate of drug-likeness (QED) is 0.920. The van der Waals surface area contributed by atoms with Crippen LogP contribution in [0.5, 0.6) is 0 Å². The van der Waals surface area contributed by atoms with Crippen molar-refractivity contribution in [3.63, 3.8) is 0 Å². The third-order valence-corrected chi connectivity index (χ3v) is 5.04. The molecule has 1 saturated heterocycles. The summed E-state index contributed by atoms with van der Waals surface area (Å²) >= 11 is 5.30. The second-order valence-electron chi connectivity index (χ2n) is 4.39. The highest BCUT2D eigenvalue weighted by molar-refractivity contribution is 9.10. The van der Waals surface area contributed by atoms with Crippen molar-refractivity contribution in [3.05, 3.63) is 20.8 Å². The van der Waals surface area contributed by atoms with Crippen molar-refractivity contribution < 1.29 is 4.74 Å². The van der Waals surface area contributed by atoms with Crippen molar-refractivity contribution in [2.75, 3.05) is 13.2 Å². The Bertz CT molecular complexity index is 323. The van der Waals surface area contributed by atoms with Crippen LogP contribution in [0.2, 0.25) is 0 Å². The minimum atomic E-state index is 0.534. The van der Waals surface area contributed by atoms with E-state index in [-0.39, 0.29) is 0 Å². The molecule has 0 saturated carbocycles. The molecular weight excluding hydrogens is 286 g/mol. The average Bonchev–Trinajstić information content (AvgIpc) is 2.73. The first-order valence-electron chi connectivity index (χ1n) is 5.79. The molecular formula is C12H18BrNOS. The standard InChI is InChI=1S/C12H18BrNOS/c1-9(10-3-2-4-15-6-10)14-5-11-7-16-8-12(11)13/h7-10,14H,2-6H2,1H3. The zero-order valence-corrected chi connectivity index (χ0v) is 11.9. The number of rotatable bonds is 4. The first-order valence-corrected chi connectivity index (χ1v) is 7.52. The van der Waals surface area contributed by atoms with E-state index in [4.69, 9.17) is 4.74 Å². The molecule has 2 nitrogen and oxygen atoms in total. The highest BCUT2D eigenvalue weighted by Crippen LogP contribution is 2.22. The topological polar surface area (TPSA) is 21.3 Å². The van der Waals surface area contributed by atoms with Gasteiger partial charge in [-0.25, -0.2) is 0 Å². The van der Waals surface area contributed by atoms with E-state index in [0.717, 1.165) is 19.8 Å². The van der Waals surface area contributed by atoms with Crippen molar-refractivity contribution in [2.45, 2.75) is 32.4 Å². The Morgan fingerprint density at radius 3 is 3.12 bits per heavy atom.